The van der Waals surface area contributed by atoms with E-state index in [2.05, 4.69) is 6.92 Å². The zero-order valence-electron chi connectivity index (χ0n) is 17.9. The zero-order chi connectivity index (χ0) is 20.3. The number of hydrogen-bond donors (Lipinski definition) is 0. The van der Waals surface area contributed by atoms with E-state index in [4.69, 9.17) is 4.74 Å². The lowest BCUT2D eigenvalue weighted by molar-refractivity contribution is -0.138. The van der Waals surface area contributed by atoms with Crippen molar-refractivity contribution in [2.75, 3.05) is 0 Å². The Morgan fingerprint density at radius 3 is 1.52 bits per heavy atom. The van der Waals surface area contributed by atoms with Gasteiger partial charge in [-0.25, -0.2) is 4.79 Å². The molecule has 29 heavy (non-hydrogen) atoms. The minimum Gasteiger partial charge on any atom is -0.389 e. The van der Waals surface area contributed by atoms with Crippen molar-refractivity contribution in [2.24, 2.45) is 0 Å². The van der Waals surface area contributed by atoms with Crippen LogP contribution in [0.3, 0.4) is 0 Å². The summed E-state index contributed by atoms with van der Waals surface area (Å²) in [6.45, 7) is 2.27. The normalized spacial score (nSPS) is 10.4. The second kappa shape index (κ2) is 20.2. The maximum absolute atomic E-state index is 11.8. The second-order valence-electron chi connectivity index (χ2n) is 7.83. The first-order valence-electron chi connectivity index (χ1n) is 11.5. The van der Waals surface area contributed by atoms with Gasteiger partial charge in [0.15, 0.2) is 17.4 Å². The molecule has 0 bridgehead atoms. The van der Waals surface area contributed by atoms with E-state index in [-0.39, 0.29) is 17.4 Å². The first kappa shape index (κ1) is 27.9. The fourth-order valence-electron chi connectivity index (χ4n) is 3.43. The fraction of sp³-hybridized carbons (Fsp3) is 0.680. The van der Waals surface area contributed by atoms with Crippen molar-refractivity contribution in [3.8, 4) is 0 Å². The first-order valence-corrected chi connectivity index (χ1v) is 11.5. The van der Waals surface area contributed by atoms with Gasteiger partial charge in [-0.2, -0.15) is 0 Å². The van der Waals surface area contributed by atoms with Gasteiger partial charge in [0.25, 0.3) is 0 Å². The summed E-state index contributed by atoms with van der Waals surface area (Å²) in [6.07, 6.45) is 19.7. The molecule has 0 atom stereocenters. The van der Waals surface area contributed by atoms with Crippen LogP contribution in [0.1, 0.15) is 120 Å². The molecule has 0 N–H and O–H groups in total. The highest BCUT2D eigenvalue weighted by atomic mass is 27.0. The highest BCUT2D eigenvalue weighted by Crippen LogP contribution is 2.14. The van der Waals surface area contributed by atoms with Gasteiger partial charge in [-0.15, -0.1) is 0 Å². The molecule has 0 saturated heterocycles. The van der Waals surface area contributed by atoms with Crippen LogP contribution >= 0.6 is 0 Å². The van der Waals surface area contributed by atoms with E-state index < -0.39 is 11.9 Å². The van der Waals surface area contributed by atoms with E-state index in [0.29, 0.717) is 12.0 Å². The fourth-order valence-corrected chi connectivity index (χ4v) is 3.43. The Kier molecular flexibility index (Phi) is 19.4. The SMILES string of the molecule is CCCCCCCCCCCCCCCCCC(=O)OC(=O)c1ccccc1.[AlH3]. The molecule has 0 aliphatic carbocycles. The Bertz CT molecular complexity index is 516. The van der Waals surface area contributed by atoms with E-state index >= 15 is 0 Å². The zero-order valence-corrected chi connectivity index (χ0v) is 17.9. The van der Waals surface area contributed by atoms with E-state index in [0.717, 1.165) is 19.3 Å². The van der Waals surface area contributed by atoms with Crippen molar-refractivity contribution >= 4 is 29.3 Å². The minimum absolute atomic E-state index is 0. The van der Waals surface area contributed by atoms with Crippen LogP contribution in [0.2, 0.25) is 0 Å². The number of esters is 2. The summed E-state index contributed by atoms with van der Waals surface area (Å²) in [4.78, 5) is 23.5. The summed E-state index contributed by atoms with van der Waals surface area (Å²) in [6, 6.07) is 8.66. The van der Waals surface area contributed by atoms with E-state index in [1.54, 1.807) is 24.3 Å². The predicted molar refractivity (Wildman–Crippen MR) is 126 cm³/mol. The standard InChI is InChI=1S/C25H40O3.Al.3H/c1-2-3-4-5-6-7-8-9-10-11-12-13-14-15-19-22-24(26)28-25(27)23-20-17-16-18-21-23;;;;/h16-18,20-21H,2-15,19,22H2,1H3;;;;. The van der Waals surface area contributed by atoms with Crippen molar-refractivity contribution in [3.63, 3.8) is 0 Å². The third kappa shape index (κ3) is 16.4. The number of unbranched alkanes of at least 4 members (excludes halogenated alkanes) is 14. The Labute approximate surface area is 189 Å². The van der Waals surface area contributed by atoms with Gasteiger partial charge in [0.2, 0.25) is 0 Å². The molecule has 0 spiro atoms. The van der Waals surface area contributed by atoms with Gasteiger partial charge in [0.05, 0.1) is 5.56 Å². The number of hydrogen-bond acceptors (Lipinski definition) is 3. The largest absolute Gasteiger partial charge is 0.389 e. The second-order valence-corrected chi connectivity index (χ2v) is 7.83. The van der Waals surface area contributed by atoms with Gasteiger partial charge in [-0.05, 0) is 18.6 Å². The molecular weight excluding hydrogens is 375 g/mol. The van der Waals surface area contributed by atoms with Crippen LogP contribution in [0.5, 0.6) is 0 Å². The maximum Gasteiger partial charge on any atom is 0.345 e. The minimum atomic E-state index is -0.549. The molecule has 0 amide bonds. The van der Waals surface area contributed by atoms with Crippen LogP contribution in [-0.4, -0.2) is 29.3 Å². The lowest BCUT2D eigenvalue weighted by Crippen LogP contribution is -2.12. The van der Waals surface area contributed by atoms with Gasteiger partial charge >= 0.3 is 11.9 Å². The number of carbonyl (C=O) groups excluding carboxylic acids is 2. The van der Waals surface area contributed by atoms with Gasteiger partial charge in [0, 0.05) is 6.42 Å². The Morgan fingerprint density at radius 1 is 0.655 bits per heavy atom. The molecule has 0 fully saturated rings. The van der Waals surface area contributed by atoms with Crippen LogP contribution in [0.25, 0.3) is 0 Å². The molecule has 0 aliphatic rings. The highest BCUT2D eigenvalue weighted by Gasteiger charge is 2.11. The molecule has 0 saturated carbocycles. The van der Waals surface area contributed by atoms with Crippen LogP contribution < -0.4 is 0 Å². The number of ether oxygens (including phenoxy) is 1. The van der Waals surface area contributed by atoms with E-state index in [9.17, 15) is 9.59 Å². The Morgan fingerprint density at radius 2 is 1.07 bits per heavy atom. The van der Waals surface area contributed by atoms with Gasteiger partial charge < -0.3 is 4.74 Å². The van der Waals surface area contributed by atoms with Crippen molar-refractivity contribution < 1.29 is 14.3 Å². The Balaban J connectivity index is 0.00000784. The molecule has 4 heteroatoms. The first-order chi connectivity index (χ1) is 13.7. The third-order valence-electron chi connectivity index (χ3n) is 5.20. The van der Waals surface area contributed by atoms with Crippen LogP contribution in [-0.2, 0) is 9.53 Å². The van der Waals surface area contributed by atoms with Crippen molar-refractivity contribution in [3.05, 3.63) is 35.9 Å². The summed E-state index contributed by atoms with van der Waals surface area (Å²) < 4.78 is 4.88. The average molecular weight is 419 g/mol. The van der Waals surface area contributed by atoms with Gasteiger partial charge in [-0.3, -0.25) is 4.79 Å². The molecule has 0 aliphatic heterocycles. The van der Waals surface area contributed by atoms with E-state index in [1.807, 2.05) is 6.07 Å². The van der Waals surface area contributed by atoms with E-state index in [1.165, 1.54) is 77.0 Å². The maximum atomic E-state index is 11.8. The quantitative estimate of drug-likeness (QED) is 0.126. The van der Waals surface area contributed by atoms with Crippen molar-refractivity contribution in [1.29, 1.82) is 0 Å². The smallest absolute Gasteiger partial charge is 0.345 e. The highest BCUT2D eigenvalue weighted by molar-refractivity contribution is 5.96. The van der Waals surface area contributed by atoms with Crippen molar-refractivity contribution in [1.82, 2.24) is 0 Å². The average Bonchev–Trinajstić information content (AvgIpc) is 2.71. The molecule has 0 aromatic heterocycles. The van der Waals surface area contributed by atoms with Gasteiger partial charge in [-0.1, -0.05) is 115 Å². The summed E-state index contributed by atoms with van der Waals surface area (Å²) in [5, 5.41) is 0. The van der Waals surface area contributed by atoms with Gasteiger partial charge in [0.1, 0.15) is 0 Å². The number of rotatable bonds is 17. The summed E-state index contributed by atoms with van der Waals surface area (Å²) in [7, 11) is 0. The molecule has 0 heterocycles. The third-order valence-corrected chi connectivity index (χ3v) is 5.20. The molecular formula is C25H43AlO3. The molecule has 3 nitrogen and oxygen atoms in total. The monoisotopic (exact) mass is 418 g/mol. The lowest BCUT2D eigenvalue weighted by atomic mass is 10.0. The summed E-state index contributed by atoms with van der Waals surface area (Å²) in [5.74, 6) is -0.963. The van der Waals surface area contributed by atoms with Crippen LogP contribution in [0.4, 0.5) is 0 Å². The number of benzene rings is 1. The summed E-state index contributed by atoms with van der Waals surface area (Å²) in [5.41, 5.74) is 0.423. The molecule has 1 rings (SSSR count). The molecule has 164 valence electrons. The molecule has 0 unspecified atom stereocenters. The number of carbonyl (C=O) groups is 2. The van der Waals surface area contributed by atoms with Crippen LogP contribution in [0, 0.1) is 0 Å². The predicted octanol–water partition coefficient (Wildman–Crippen LogP) is 6.45. The topological polar surface area (TPSA) is 43.4 Å². The van der Waals surface area contributed by atoms with Crippen LogP contribution in [0.15, 0.2) is 30.3 Å². The lowest BCUT2D eigenvalue weighted by Gasteiger charge is -2.04. The molecule has 0 radical (unpaired) electrons. The Hall–Kier alpha value is -1.11. The van der Waals surface area contributed by atoms with Crippen molar-refractivity contribution in [2.45, 2.75) is 110 Å². The molecule has 1 aromatic carbocycles. The molecule has 1 aromatic rings. The summed E-state index contributed by atoms with van der Waals surface area (Å²) >= 11 is 0.